The third-order valence-electron chi connectivity index (χ3n) is 4.63. The van der Waals surface area contributed by atoms with Gasteiger partial charge in [-0.15, -0.1) is 0 Å². The Morgan fingerprint density at radius 1 is 0.938 bits per heavy atom. The van der Waals surface area contributed by atoms with E-state index in [0.717, 1.165) is 16.9 Å². The molecule has 0 saturated heterocycles. The molecule has 0 fully saturated rings. The highest BCUT2D eigenvalue weighted by Gasteiger charge is 2.24. The van der Waals surface area contributed by atoms with Crippen molar-refractivity contribution in [3.05, 3.63) is 99.2 Å². The minimum absolute atomic E-state index is 0.232. The lowest BCUT2D eigenvalue weighted by Gasteiger charge is -2.08. The van der Waals surface area contributed by atoms with E-state index in [-0.39, 0.29) is 11.6 Å². The number of carbonyl (C=O) groups excluding carboxylic acids is 1. The van der Waals surface area contributed by atoms with Crippen molar-refractivity contribution in [2.75, 3.05) is 6.61 Å². The smallest absolute Gasteiger partial charge is 0.363 e. The first-order valence-corrected chi connectivity index (χ1v) is 10.7. The van der Waals surface area contributed by atoms with Crippen LogP contribution in [0.1, 0.15) is 23.6 Å². The molecule has 3 aromatic rings. The molecule has 0 bridgehead atoms. The Kier molecular flexibility index (Phi) is 6.78. The van der Waals surface area contributed by atoms with Crippen LogP contribution in [0.25, 0.3) is 6.08 Å². The molecule has 1 aliphatic heterocycles. The van der Waals surface area contributed by atoms with Crippen LogP contribution in [0.2, 0.25) is 10.0 Å². The fourth-order valence-electron chi connectivity index (χ4n) is 3.01. The number of benzene rings is 3. The molecule has 0 aromatic heterocycles. The van der Waals surface area contributed by atoms with Crippen molar-refractivity contribution in [1.82, 2.24) is 0 Å². The molecule has 0 spiro atoms. The molecule has 0 N–H and O–H groups in total. The molecule has 3 aromatic carbocycles. The number of carbonyl (C=O) groups is 1. The standard InChI is InChI=1S/C25H19Cl2NO4/c1-2-30-20-11-6-17(7-12-20)24-28-23(25(29)32-24)13-16-3-9-21(10-4-16)31-15-18-5-8-19(26)14-22(18)27/h3-14H,2,15H2,1H3/b23-13+. The van der Waals surface area contributed by atoms with Gasteiger partial charge in [0.05, 0.1) is 6.61 Å². The maximum Gasteiger partial charge on any atom is 0.363 e. The number of ether oxygens (including phenoxy) is 3. The number of aliphatic imine (C=N–C) groups is 1. The Bertz CT molecular complexity index is 1190. The molecule has 4 rings (SSSR count). The number of hydrogen-bond donors (Lipinski definition) is 0. The number of cyclic esters (lactones) is 1. The molecular formula is C25H19Cl2NO4. The summed E-state index contributed by atoms with van der Waals surface area (Å²) in [4.78, 5) is 16.6. The number of rotatable bonds is 7. The van der Waals surface area contributed by atoms with Gasteiger partial charge in [0, 0.05) is 21.2 Å². The van der Waals surface area contributed by atoms with Gasteiger partial charge in [-0.25, -0.2) is 9.79 Å². The predicted octanol–water partition coefficient (Wildman–Crippen LogP) is 6.32. The van der Waals surface area contributed by atoms with E-state index in [4.69, 9.17) is 37.4 Å². The lowest BCUT2D eigenvalue weighted by molar-refractivity contribution is -0.129. The minimum Gasteiger partial charge on any atom is -0.494 e. The minimum atomic E-state index is -0.494. The first-order chi connectivity index (χ1) is 15.5. The average molecular weight is 468 g/mol. The quantitative estimate of drug-likeness (QED) is 0.301. The third-order valence-corrected chi connectivity index (χ3v) is 5.21. The van der Waals surface area contributed by atoms with Crippen LogP contribution in [0.3, 0.4) is 0 Å². The van der Waals surface area contributed by atoms with E-state index < -0.39 is 5.97 Å². The number of nitrogens with zero attached hydrogens (tertiary/aromatic N) is 1. The molecule has 32 heavy (non-hydrogen) atoms. The summed E-state index contributed by atoms with van der Waals surface area (Å²) in [5, 5.41) is 1.13. The first kappa shape index (κ1) is 21.9. The molecule has 0 atom stereocenters. The normalized spacial score (nSPS) is 14.3. The molecule has 162 valence electrons. The number of halogens is 2. The summed E-state index contributed by atoms with van der Waals surface area (Å²) in [5.74, 6) is 1.19. The van der Waals surface area contributed by atoms with Crippen molar-refractivity contribution in [3.8, 4) is 11.5 Å². The molecule has 0 aliphatic carbocycles. The Morgan fingerprint density at radius 2 is 1.62 bits per heavy atom. The maximum atomic E-state index is 12.2. The fourth-order valence-corrected chi connectivity index (χ4v) is 3.47. The van der Waals surface area contributed by atoms with E-state index in [1.807, 2.05) is 49.4 Å². The third kappa shape index (κ3) is 5.31. The van der Waals surface area contributed by atoms with E-state index in [1.54, 1.807) is 30.3 Å². The van der Waals surface area contributed by atoms with Crippen LogP contribution in [0.15, 0.2) is 77.4 Å². The first-order valence-electron chi connectivity index (χ1n) is 9.94. The average Bonchev–Trinajstić information content (AvgIpc) is 3.15. The molecule has 0 radical (unpaired) electrons. The summed E-state index contributed by atoms with van der Waals surface area (Å²) in [7, 11) is 0. The molecule has 0 unspecified atom stereocenters. The molecular weight excluding hydrogens is 449 g/mol. The van der Waals surface area contributed by atoms with Crippen molar-refractivity contribution in [1.29, 1.82) is 0 Å². The van der Waals surface area contributed by atoms with Gasteiger partial charge in [0.2, 0.25) is 5.90 Å². The monoisotopic (exact) mass is 467 g/mol. The highest BCUT2D eigenvalue weighted by Crippen LogP contribution is 2.24. The molecule has 7 heteroatoms. The second-order valence-electron chi connectivity index (χ2n) is 6.89. The second-order valence-corrected chi connectivity index (χ2v) is 7.73. The summed E-state index contributed by atoms with van der Waals surface area (Å²) in [6.45, 7) is 2.82. The van der Waals surface area contributed by atoms with Crippen LogP contribution in [-0.2, 0) is 16.1 Å². The van der Waals surface area contributed by atoms with Gasteiger partial charge in [0.1, 0.15) is 18.1 Å². The fraction of sp³-hybridized carbons (Fsp3) is 0.120. The van der Waals surface area contributed by atoms with E-state index in [0.29, 0.717) is 34.6 Å². The lowest BCUT2D eigenvalue weighted by atomic mass is 10.2. The summed E-state index contributed by atoms with van der Waals surface area (Å²) in [6.07, 6.45) is 1.67. The topological polar surface area (TPSA) is 57.1 Å². The maximum absolute atomic E-state index is 12.2. The van der Waals surface area contributed by atoms with Crippen LogP contribution < -0.4 is 9.47 Å². The number of hydrogen-bond acceptors (Lipinski definition) is 5. The summed E-state index contributed by atoms with van der Waals surface area (Å²) in [6, 6.07) is 19.8. The SMILES string of the molecule is CCOc1ccc(C2=N/C(=C/c3ccc(OCc4ccc(Cl)cc4Cl)cc3)C(=O)O2)cc1. The Morgan fingerprint density at radius 3 is 2.31 bits per heavy atom. The van der Waals surface area contributed by atoms with Crippen LogP contribution in [0.4, 0.5) is 0 Å². The zero-order chi connectivity index (χ0) is 22.5. The summed E-state index contributed by atoms with van der Waals surface area (Å²) < 4.78 is 16.5. The Labute approximate surface area is 195 Å². The lowest BCUT2D eigenvalue weighted by Crippen LogP contribution is -2.05. The zero-order valence-corrected chi connectivity index (χ0v) is 18.7. The van der Waals surface area contributed by atoms with Crippen molar-refractivity contribution in [3.63, 3.8) is 0 Å². The molecule has 0 saturated carbocycles. The van der Waals surface area contributed by atoms with Crippen molar-refractivity contribution >= 4 is 41.1 Å². The van der Waals surface area contributed by atoms with E-state index in [1.165, 1.54) is 0 Å². The Hall–Kier alpha value is -3.28. The van der Waals surface area contributed by atoms with Crippen LogP contribution >= 0.6 is 23.2 Å². The van der Waals surface area contributed by atoms with Gasteiger partial charge in [0.15, 0.2) is 5.70 Å². The van der Waals surface area contributed by atoms with Gasteiger partial charge in [0.25, 0.3) is 0 Å². The largest absolute Gasteiger partial charge is 0.494 e. The highest BCUT2D eigenvalue weighted by atomic mass is 35.5. The van der Waals surface area contributed by atoms with Crippen molar-refractivity contribution in [2.45, 2.75) is 13.5 Å². The zero-order valence-electron chi connectivity index (χ0n) is 17.2. The van der Waals surface area contributed by atoms with Crippen molar-refractivity contribution in [2.24, 2.45) is 4.99 Å². The molecule has 1 heterocycles. The van der Waals surface area contributed by atoms with Crippen LogP contribution in [0, 0.1) is 0 Å². The van der Waals surface area contributed by atoms with E-state index >= 15 is 0 Å². The Balaban J connectivity index is 1.43. The number of esters is 1. The van der Waals surface area contributed by atoms with Crippen molar-refractivity contribution < 1.29 is 19.0 Å². The van der Waals surface area contributed by atoms with Gasteiger partial charge in [-0.1, -0.05) is 41.4 Å². The molecule has 5 nitrogen and oxygen atoms in total. The highest BCUT2D eigenvalue weighted by molar-refractivity contribution is 6.35. The second kappa shape index (κ2) is 9.90. The van der Waals surface area contributed by atoms with Gasteiger partial charge in [-0.3, -0.25) is 0 Å². The molecule has 0 amide bonds. The van der Waals surface area contributed by atoms with Gasteiger partial charge >= 0.3 is 5.97 Å². The van der Waals surface area contributed by atoms with E-state index in [9.17, 15) is 4.79 Å². The van der Waals surface area contributed by atoms with Gasteiger partial charge < -0.3 is 14.2 Å². The summed E-state index contributed by atoms with van der Waals surface area (Å²) in [5.41, 5.74) is 2.57. The van der Waals surface area contributed by atoms with Gasteiger partial charge in [-0.2, -0.15) is 0 Å². The van der Waals surface area contributed by atoms with E-state index in [2.05, 4.69) is 4.99 Å². The molecule has 1 aliphatic rings. The van der Waals surface area contributed by atoms with Crippen LogP contribution in [0.5, 0.6) is 11.5 Å². The predicted molar refractivity (Wildman–Crippen MR) is 125 cm³/mol. The van der Waals surface area contributed by atoms with Gasteiger partial charge in [-0.05, 0) is 67.1 Å². The summed E-state index contributed by atoms with van der Waals surface area (Å²) >= 11 is 12.1. The van der Waals surface area contributed by atoms with Crippen LogP contribution in [-0.4, -0.2) is 18.5 Å².